The van der Waals surface area contributed by atoms with Crippen molar-refractivity contribution in [2.75, 3.05) is 6.61 Å². The number of carbonyl (C=O) groups excluding carboxylic acids is 1. The van der Waals surface area contributed by atoms with E-state index in [4.69, 9.17) is 0 Å². The van der Waals surface area contributed by atoms with Crippen LogP contribution in [0, 0.1) is 0 Å². The van der Waals surface area contributed by atoms with Gasteiger partial charge in [0, 0.05) is 0 Å². The van der Waals surface area contributed by atoms with E-state index in [1.807, 2.05) is 0 Å². The third kappa shape index (κ3) is 10.8. The zero-order valence-electron chi connectivity index (χ0n) is 6.31. The second kappa shape index (κ2) is 6.53. The number of hydrogen-bond donors (Lipinski definition) is 1. The molecule has 0 aliphatic carbocycles. The Morgan fingerprint density at radius 1 is 2.00 bits per heavy atom. The molecule has 0 fully saturated rings. The van der Waals surface area contributed by atoms with Crippen molar-refractivity contribution in [2.45, 2.75) is 6.92 Å². The van der Waals surface area contributed by atoms with Gasteiger partial charge in [-0.15, -0.1) is 0 Å². The molecule has 0 saturated carbocycles. The third-order valence-electron chi connectivity index (χ3n) is 0.287. The van der Waals surface area contributed by atoms with Gasteiger partial charge in [-0.3, -0.25) is 0 Å². The molecule has 0 rings (SSSR count). The Morgan fingerprint density at radius 2 is 2.43 bits per heavy atom. The Bertz CT molecular complexity index is 63.8. The van der Waals surface area contributed by atoms with Gasteiger partial charge < -0.3 is 13.3 Å². The second-order valence-electron chi connectivity index (χ2n) is 0.752. The van der Waals surface area contributed by atoms with Crippen LogP contribution in [0.5, 0.6) is 0 Å². The molecule has 0 aliphatic rings. The number of hydrogen-bond acceptors (Lipinski definition) is 2. The van der Waals surface area contributed by atoms with Gasteiger partial charge in [-0.05, 0) is 6.92 Å². The molecule has 0 bridgehead atoms. The summed E-state index contributed by atoms with van der Waals surface area (Å²) in [5.74, 6) is 0. The van der Waals surface area contributed by atoms with E-state index in [1.54, 1.807) is 6.92 Å². The fourth-order valence-corrected chi connectivity index (χ4v) is 0.142. The maximum atomic E-state index is 9.60. The Labute approximate surface area is 75.2 Å². The molecule has 0 saturated heterocycles. The van der Waals surface area contributed by atoms with E-state index in [1.165, 1.54) is 0 Å². The van der Waals surface area contributed by atoms with Crippen LogP contribution in [0.25, 0.3) is 0 Å². The van der Waals surface area contributed by atoms with Crippen LogP contribution in [-0.2, 0) is 4.74 Å². The molecule has 0 spiro atoms. The first-order valence-electron chi connectivity index (χ1n) is 1.69. The predicted octanol–water partition coefficient (Wildman–Crippen LogP) is -0.0542. The normalized spacial score (nSPS) is 6.43. The van der Waals surface area contributed by atoms with Crippen LogP contribution < -0.4 is 5.73 Å². The number of primary amides is 1. The van der Waals surface area contributed by atoms with E-state index < -0.39 is 6.09 Å². The topological polar surface area (TPSA) is 52.3 Å². The molecule has 0 aromatic carbocycles. The second-order valence-corrected chi connectivity index (χ2v) is 0.752. The van der Waals surface area contributed by atoms with Gasteiger partial charge in [0.15, 0.2) is 0 Å². The molecule has 0 unspecified atom stereocenters. The van der Waals surface area contributed by atoms with Crippen LogP contribution >= 0.6 is 0 Å². The van der Waals surface area contributed by atoms with E-state index in [-0.39, 0.29) is 40.6 Å². The SMILES string of the molecule is CCOC(N)=O.[Ca+2].[H-].[H-]. The molecule has 7 heavy (non-hydrogen) atoms. The monoisotopic (exact) mass is 131 g/mol. The molecule has 2 N–H and O–H groups in total. The van der Waals surface area contributed by atoms with E-state index in [0.717, 1.165) is 0 Å². The zero-order valence-corrected chi connectivity index (χ0v) is 6.52. The molecule has 3 nitrogen and oxygen atoms in total. The van der Waals surface area contributed by atoms with Crippen molar-refractivity contribution >= 4 is 43.8 Å². The predicted molar refractivity (Wildman–Crippen MR) is 29.2 cm³/mol. The maximum Gasteiger partial charge on any atom is 2.00 e. The molecule has 4 heteroatoms. The maximum absolute atomic E-state index is 9.60. The molecular formula is C3H9CaNO2. The summed E-state index contributed by atoms with van der Waals surface area (Å²) in [6.07, 6.45) is -0.711. The van der Waals surface area contributed by atoms with Gasteiger partial charge in [0.05, 0.1) is 6.61 Å². The van der Waals surface area contributed by atoms with E-state index in [9.17, 15) is 4.79 Å². The van der Waals surface area contributed by atoms with Crippen molar-refractivity contribution in [3.05, 3.63) is 0 Å². The molecule has 0 aromatic rings. The van der Waals surface area contributed by atoms with Crippen LogP contribution in [0.15, 0.2) is 0 Å². The van der Waals surface area contributed by atoms with Crippen LogP contribution in [0.3, 0.4) is 0 Å². The molecule has 0 atom stereocenters. The summed E-state index contributed by atoms with van der Waals surface area (Å²) >= 11 is 0. The standard InChI is InChI=1S/C3H7NO2.Ca.2H/c1-2-6-3(4)5;;;/h2H2,1H3,(H2,4,5);;;/q;+2;2*-1. The fourth-order valence-electron chi connectivity index (χ4n) is 0.142. The van der Waals surface area contributed by atoms with Gasteiger partial charge in [-0.2, -0.15) is 0 Å². The molecule has 0 heterocycles. The number of rotatable bonds is 1. The summed E-state index contributed by atoms with van der Waals surface area (Å²) < 4.78 is 4.18. The zero-order chi connectivity index (χ0) is 4.99. The Balaban J connectivity index is -0.0000000417. The van der Waals surface area contributed by atoms with Gasteiger partial charge in [0.1, 0.15) is 0 Å². The van der Waals surface area contributed by atoms with Crippen LogP contribution in [-0.4, -0.2) is 50.4 Å². The summed E-state index contributed by atoms with van der Waals surface area (Å²) in [7, 11) is 0. The van der Waals surface area contributed by atoms with Crippen LogP contribution in [0.1, 0.15) is 9.78 Å². The quantitative estimate of drug-likeness (QED) is 0.507. The first-order valence-corrected chi connectivity index (χ1v) is 1.69. The molecule has 0 aromatic heterocycles. The number of ether oxygens (including phenoxy) is 1. The summed E-state index contributed by atoms with van der Waals surface area (Å²) in [5, 5.41) is 0. The molecule has 40 valence electrons. The van der Waals surface area contributed by atoms with Gasteiger partial charge in [-0.1, -0.05) is 0 Å². The van der Waals surface area contributed by atoms with Crippen molar-refractivity contribution in [3.63, 3.8) is 0 Å². The van der Waals surface area contributed by atoms with Gasteiger partial charge in [-0.25, -0.2) is 4.79 Å². The van der Waals surface area contributed by atoms with Crippen molar-refractivity contribution in [3.8, 4) is 0 Å². The third-order valence-corrected chi connectivity index (χ3v) is 0.287. The number of carbonyl (C=O) groups is 1. The smallest absolute Gasteiger partial charge is 1.00 e. The van der Waals surface area contributed by atoms with Crippen molar-refractivity contribution in [2.24, 2.45) is 5.73 Å². The van der Waals surface area contributed by atoms with Crippen molar-refractivity contribution < 1.29 is 12.4 Å². The summed E-state index contributed by atoms with van der Waals surface area (Å²) in [4.78, 5) is 9.60. The minimum atomic E-state index is -0.711. The molecule has 0 radical (unpaired) electrons. The van der Waals surface area contributed by atoms with Crippen LogP contribution in [0.2, 0.25) is 0 Å². The van der Waals surface area contributed by atoms with Crippen LogP contribution in [0.4, 0.5) is 4.79 Å². The Hall–Kier alpha value is 0.530. The first-order chi connectivity index (χ1) is 2.77. The Kier molecular flexibility index (Phi) is 9.79. The average molecular weight is 131 g/mol. The largest absolute Gasteiger partial charge is 2.00 e. The summed E-state index contributed by atoms with van der Waals surface area (Å²) in [6.45, 7) is 2.06. The average Bonchev–Trinajstić information content (AvgIpc) is 1.35. The van der Waals surface area contributed by atoms with Gasteiger partial charge in [0.25, 0.3) is 0 Å². The van der Waals surface area contributed by atoms with E-state index in [0.29, 0.717) is 6.61 Å². The minimum absolute atomic E-state index is 0. The number of amides is 1. The minimum Gasteiger partial charge on any atom is -1.00 e. The Morgan fingerprint density at radius 3 is 2.43 bits per heavy atom. The molecular weight excluding hydrogens is 122 g/mol. The van der Waals surface area contributed by atoms with Crippen molar-refractivity contribution in [1.82, 2.24) is 0 Å². The van der Waals surface area contributed by atoms with Gasteiger partial charge >= 0.3 is 43.8 Å². The van der Waals surface area contributed by atoms with E-state index in [2.05, 4.69) is 10.5 Å². The van der Waals surface area contributed by atoms with E-state index >= 15 is 0 Å². The summed E-state index contributed by atoms with van der Waals surface area (Å²) in [6, 6.07) is 0. The number of nitrogens with two attached hydrogens (primary N) is 1. The first kappa shape index (κ1) is 10.5. The fraction of sp³-hybridized carbons (Fsp3) is 0.667. The van der Waals surface area contributed by atoms with Gasteiger partial charge in [0.2, 0.25) is 0 Å². The van der Waals surface area contributed by atoms with Crippen molar-refractivity contribution in [1.29, 1.82) is 0 Å². The molecule has 0 aliphatic heterocycles. The molecule has 1 amide bonds. The summed E-state index contributed by atoms with van der Waals surface area (Å²) in [5.41, 5.74) is 4.54.